The van der Waals surface area contributed by atoms with Gasteiger partial charge < -0.3 is 10.4 Å². The number of nitrogens with zero attached hydrogens (tertiary/aromatic N) is 2. The zero-order chi connectivity index (χ0) is 20.1. The Bertz CT molecular complexity index is 1090. The molecule has 0 radical (unpaired) electrons. The van der Waals surface area contributed by atoms with Crippen molar-refractivity contribution in [3.8, 4) is 6.07 Å². The van der Waals surface area contributed by atoms with Gasteiger partial charge in [-0.25, -0.2) is 4.79 Å². The SMILES string of the molecule is C[C@H](Cc1cn(C(=O)O)c2ccccc12)NC(=O)C(C#N)=Cc1ccccc1. The van der Waals surface area contributed by atoms with Gasteiger partial charge in [0.15, 0.2) is 0 Å². The van der Waals surface area contributed by atoms with Gasteiger partial charge in [-0.1, -0.05) is 48.5 Å². The normalized spacial score (nSPS) is 12.4. The Hall–Kier alpha value is -3.85. The minimum Gasteiger partial charge on any atom is -0.464 e. The van der Waals surface area contributed by atoms with Crippen molar-refractivity contribution in [2.24, 2.45) is 0 Å². The smallest absolute Gasteiger partial charge is 0.416 e. The predicted octanol–water partition coefficient (Wildman–Crippen LogP) is 3.82. The molecule has 3 rings (SSSR count). The highest BCUT2D eigenvalue weighted by molar-refractivity contribution is 6.01. The lowest BCUT2D eigenvalue weighted by Gasteiger charge is -2.13. The number of fused-ring (bicyclic) bond motifs is 1. The molecule has 28 heavy (non-hydrogen) atoms. The standard InChI is InChI=1S/C22H19N3O3/c1-15(24-21(26)17(13-23)12-16-7-3-2-4-8-16)11-18-14-25(22(27)28)20-10-6-5-9-19(18)20/h2-10,12,14-15H,11H2,1H3,(H,24,26)(H,27,28)/t15-/m1/s1. The van der Waals surface area contributed by atoms with Crippen molar-refractivity contribution in [3.63, 3.8) is 0 Å². The van der Waals surface area contributed by atoms with Gasteiger partial charge in [0, 0.05) is 17.6 Å². The molecule has 3 aromatic rings. The van der Waals surface area contributed by atoms with E-state index in [1.807, 2.05) is 55.5 Å². The Kier molecular flexibility index (Phi) is 5.56. The van der Waals surface area contributed by atoms with Gasteiger partial charge in [0.1, 0.15) is 11.6 Å². The van der Waals surface area contributed by atoms with Crippen molar-refractivity contribution >= 4 is 29.0 Å². The number of rotatable bonds is 5. The monoisotopic (exact) mass is 373 g/mol. The van der Waals surface area contributed by atoms with Crippen molar-refractivity contribution < 1.29 is 14.7 Å². The van der Waals surface area contributed by atoms with Gasteiger partial charge in [0.25, 0.3) is 5.91 Å². The summed E-state index contributed by atoms with van der Waals surface area (Å²) in [7, 11) is 0. The summed E-state index contributed by atoms with van der Waals surface area (Å²) in [5, 5.41) is 22.3. The highest BCUT2D eigenvalue weighted by atomic mass is 16.4. The van der Waals surface area contributed by atoms with Gasteiger partial charge >= 0.3 is 6.09 Å². The van der Waals surface area contributed by atoms with E-state index >= 15 is 0 Å². The van der Waals surface area contributed by atoms with Crippen molar-refractivity contribution in [1.29, 1.82) is 5.26 Å². The highest BCUT2D eigenvalue weighted by Crippen LogP contribution is 2.22. The number of carbonyl (C=O) groups is 2. The van der Waals surface area contributed by atoms with Crippen LogP contribution in [-0.4, -0.2) is 27.7 Å². The molecule has 1 heterocycles. The van der Waals surface area contributed by atoms with E-state index in [0.29, 0.717) is 11.9 Å². The maximum atomic E-state index is 12.5. The summed E-state index contributed by atoms with van der Waals surface area (Å²) in [6.07, 6.45) is 2.49. The highest BCUT2D eigenvalue weighted by Gasteiger charge is 2.17. The van der Waals surface area contributed by atoms with Crippen LogP contribution >= 0.6 is 0 Å². The van der Waals surface area contributed by atoms with Crippen molar-refractivity contribution in [3.05, 3.63) is 77.5 Å². The first-order chi connectivity index (χ1) is 13.5. The maximum Gasteiger partial charge on any atom is 0.416 e. The fourth-order valence-corrected chi connectivity index (χ4v) is 3.12. The van der Waals surface area contributed by atoms with E-state index in [2.05, 4.69) is 5.32 Å². The second-order valence-corrected chi connectivity index (χ2v) is 6.48. The number of carboxylic acid groups (broad SMARTS) is 1. The lowest BCUT2D eigenvalue weighted by atomic mass is 10.1. The predicted molar refractivity (Wildman–Crippen MR) is 107 cm³/mol. The molecule has 0 aliphatic rings. The molecule has 0 aliphatic heterocycles. The molecule has 6 nitrogen and oxygen atoms in total. The Morgan fingerprint density at radius 2 is 1.86 bits per heavy atom. The Balaban J connectivity index is 1.77. The van der Waals surface area contributed by atoms with Crippen LogP contribution in [0.2, 0.25) is 0 Å². The van der Waals surface area contributed by atoms with E-state index in [4.69, 9.17) is 0 Å². The number of carbonyl (C=O) groups excluding carboxylic acids is 1. The minimum atomic E-state index is -1.06. The van der Waals surface area contributed by atoms with Gasteiger partial charge in [0.05, 0.1) is 5.52 Å². The zero-order valence-corrected chi connectivity index (χ0v) is 15.3. The maximum absolute atomic E-state index is 12.5. The minimum absolute atomic E-state index is 0.0195. The summed E-state index contributed by atoms with van der Waals surface area (Å²) in [5.74, 6) is -0.458. The summed E-state index contributed by atoms with van der Waals surface area (Å²) in [6, 6.07) is 18.0. The molecule has 140 valence electrons. The Morgan fingerprint density at radius 1 is 1.18 bits per heavy atom. The van der Waals surface area contributed by atoms with E-state index in [1.165, 1.54) is 4.57 Å². The second-order valence-electron chi connectivity index (χ2n) is 6.48. The first-order valence-corrected chi connectivity index (χ1v) is 8.79. The van der Waals surface area contributed by atoms with Crippen LogP contribution in [0, 0.1) is 11.3 Å². The molecule has 0 saturated carbocycles. The number of nitriles is 1. The van der Waals surface area contributed by atoms with Crippen molar-refractivity contribution in [1.82, 2.24) is 9.88 Å². The summed E-state index contributed by atoms with van der Waals surface area (Å²) in [5.41, 5.74) is 2.21. The van der Waals surface area contributed by atoms with Gasteiger partial charge in [-0.3, -0.25) is 9.36 Å². The van der Waals surface area contributed by atoms with E-state index < -0.39 is 12.0 Å². The molecule has 0 fully saturated rings. The van der Waals surface area contributed by atoms with Gasteiger partial charge in [0.2, 0.25) is 0 Å². The molecule has 0 spiro atoms. The van der Waals surface area contributed by atoms with Crippen LogP contribution in [0.3, 0.4) is 0 Å². The third-order valence-corrected chi connectivity index (χ3v) is 4.38. The number of benzene rings is 2. The summed E-state index contributed by atoms with van der Waals surface area (Å²) in [4.78, 5) is 23.9. The van der Waals surface area contributed by atoms with Crippen LogP contribution in [0.25, 0.3) is 17.0 Å². The Morgan fingerprint density at radius 3 is 2.54 bits per heavy atom. The van der Waals surface area contributed by atoms with Crippen LogP contribution in [0.1, 0.15) is 18.1 Å². The third-order valence-electron chi connectivity index (χ3n) is 4.38. The molecule has 1 aromatic heterocycles. The van der Waals surface area contributed by atoms with Crippen LogP contribution < -0.4 is 5.32 Å². The van der Waals surface area contributed by atoms with Gasteiger partial charge in [-0.05, 0) is 36.6 Å². The van der Waals surface area contributed by atoms with E-state index in [-0.39, 0.29) is 11.6 Å². The third kappa shape index (κ3) is 4.10. The number of hydrogen-bond donors (Lipinski definition) is 2. The average molecular weight is 373 g/mol. The second kappa shape index (κ2) is 8.23. The molecule has 0 saturated heterocycles. The Labute approximate surface area is 162 Å². The fourth-order valence-electron chi connectivity index (χ4n) is 3.12. The molecule has 0 aliphatic carbocycles. The zero-order valence-electron chi connectivity index (χ0n) is 15.3. The van der Waals surface area contributed by atoms with E-state index in [9.17, 15) is 20.0 Å². The molecular weight excluding hydrogens is 354 g/mol. The number of amides is 1. The van der Waals surface area contributed by atoms with Crippen LogP contribution in [0.15, 0.2) is 66.4 Å². The topological polar surface area (TPSA) is 95.1 Å². The van der Waals surface area contributed by atoms with Crippen LogP contribution in [0.5, 0.6) is 0 Å². The lowest BCUT2D eigenvalue weighted by Crippen LogP contribution is -2.34. The van der Waals surface area contributed by atoms with E-state index in [1.54, 1.807) is 24.4 Å². The molecule has 1 atom stereocenters. The number of para-hydroxylation sites is 1. The van der Waals surface area contributed by atoms with Crippen molar-refractivity contribution in [2.45, 2.75) is 19.4 Å². The molecule has 0 unspecified atom stereocenters. The molecule has 0 bridgehead atoms. The fraction of sp³-hybridized carbons (Fsp3) is 0.136. The average Bonchev–Trinajstić information content (AvgIpc) is 3.05. The summed E-state index contributed by atoms with van der Waals surface area (Å²) in [6.45, 7) is 1.82. The largest absolute Gasteiger partial charge is 0.464 e. The van der Waals surface area contributed by atoms with Crippen LogP contribution in [-0.2, 0) is 11.2 Å². The van der Waals surface area contributed by atoms with Gasteiger partial charge in [-0.2, -0.15) is 5.26 Å². The molecule has 2 N–H and O–H groups in total. The molecule has 1 amide bonds. The first kappa shape index (κ1) is 18.9. The number of aromatic nitrogens is 1. The first-order valence-electron chi connectivity index (χ1n) is 8.79. The molecule has 2 aromatic carbocycles. The molecule has 6 heteroatoms. The quantitative estimate of drug-likeness (QED) is 0.525. The van der Waals surface area contributed by atoms with Crippen molar-refractivity contribution in [2.75, 3.05) is 0 Å². The summed E-state index contributed by atoms with van der Waals surface area (Å²) >= 11 is 0. The number of nitrogens with one attached hydrogen (secondary N) is 1. The van der Waals surface area contributed by atoms with E-state index in [0.717, 1.165) is 16.5 Å². The van der Waals surface area contributed by atoms with Crippen LogP contribution in [0.4, 0.5) is 4.79 Å². The molecular formula is C22H19N3O3. The van der Waals surface area contributed by atoms with Gasteiger partial charge in [-0.15, -0.1) is 0 Å². The number of hydrogen-bond acceptors (Lipinski definition) is 3. The summed E-state index contributed by atoms with van der Waals surface area (Å²) < 4.78 is 1.18. The lowest BCUT2D eigenvalue weighted by molar-refractivity contribution is -0.117.